The Hall–Kier alpha value is -2.70. The molecule has 1 aromatic heterocycles. The Morgan fingerprint density at radius 2 is 1.91 bits per heavy atom. The van der Waals surface area contributed by atoms with Crippen molar-refractivity contribution in [3.05, 3.63) is 41.8 Å². The minimum Gasteiger partial charge on any atom is -0.353 e. The molecule has 1 fully saturated rings. The Morgan fingerprint density at radius 3 is 2.61 bits per heavy atom. The minimum atomic E-state index is -0.348. The SMILES string of the molecule is Cc1cc(N2CCN(C=O)CC2)nc(Nc2ccccc2F)n1. The Kier molecular flexibility index (Phi) is 4.36. The molecule has 1 N–H and O–H groups in total. The van der Waals surface area contributed by atoms with E-state index in [9.17, 15) is 9.18 Å². The van der Waals surface area contributed by atoms with Crippen LogP contribution in [-0.2, 0) is 4.79 Å². The van der Waals surface area contributed by atoms with Crippen LogP contribution in [0.2, 0.25) is 0 Å². The second-order valence-electron chi connectivity index (χ2n) is 5.42. The van der Waals surface area contributed by atoms with Crippen LogP contribution in [0.1, 0.15) is 5.69 Å². The quantitative estimate of drug-likeness (QED) is 0.874. The van der Waals surface area contributed by atoms with Gasteiger partial charge in [0.1, 0.15) is 11.6 Å². The van der Waals surface area contributed by atoms with Crippen LogP contribution in [-0.4, -0.2) is 47.5 Å². The van der Waals surface area contributed by atoms with E-state index in [0.29, 0.717) is 37.8 Å². The van der Waals surface area contributed by atoms with E-state index < -0.39 is 0 Å². The third-order valence-electron chi connectivity index (χ3n) is 3.75. The monoisotopic (exact) mass is 315 g/mol. The predicted octanol–water partition coefficient (Wildman–Crippen LogP) is 1.95. The van der Waals surface area contributed by atoms with Gasteiger partial charge in [-0.2, -0.15) is 4.98 Å². The number of aryl methyl sites for hydroxylation is 1. The largest absolute Gasteiger partial charge is 0.353 e. The molecule has 1 aromatic carbocycles. The zero-order valence-electron chi connectivity index (χ0n) is 12.9. The molecule has 2 aromatic rings. The Bertz CT molecular complexity index is 701. The van der Waals surface area contributed by atoms with Crippen LogP contribution in [0, 0.1) is 12.7 Å². The number of rotatable bonds is 4. The van der Waals surface area contributed by atoms with E-state index in [2.05, 4.69) is 20.2 Å². The summed E-state index contributed by atoms with van der Waals surface area (Å²) >= 11 is 0. The number of hydrogen-bond acceptors (Lipinski definition) is 5. The number of para-hydroxylation sites is 1. The Balaban J connectivity index is 1.80. The maximum absolute atomic E-state index is 13.7. The highest BCUT2D eigenvalue weighted by atomic mass is 19.1. The predicted molar refractivity (Wildman–Crippen MR) is 86.3 cm³/mol. The van der Waals surface area contributed by atoms with E-state index in [1.807, 2.05) is 13.0 Å². The highest BCUT2D eigenvalue weighted by molar-refractivity contribution is 5.56. The van der Waals surface area contributed by atoms with Crippen LogP contribution in [0.3, 0.4) is 0 Å². The summed E-state index contributed by atoms with van der Waals surface area (Å²) in [4.78, 5) is 23.4. The van der Waals surface area contributed by atoms with Gasteiger partial charge in [-0.15, -0.1) is 0 Å². The molecule has 1 aliphatic heterocycles. The number of carbonyl (C=O) groups excluding carboxylic acids is 1. The average molecular weight is 315 g/mol. The van der Waals surface area contributed by atoms with Gasteiger partial charge in [-0.25, -0.2) is 9.37 Å². The molecule has 0 atom stereocenters. The van der Waals surface area contributed by atoms with Crippen molar-refractivity contribution in [1.29, 1.82) is 0 Å². The van der Waals surface area contributed by atoms with E-state index >= 15 is 0 Å². The molecule has 1 aliphatic rings. The van der Waals surface area contributed by atoms with Gasteiger partial charge in [0.05, 0.1) is 5.69 Å². The molecule has 3 rings (SSSR count). The normalized spacial score (nSPS) is 14.7. The van der Waals surface area contributed by atoms with Crippen LogP contribution in [0.15, 0.2) is 30.3 Å². The molecule has 0 aliphatic carbocycles. The lowest BCUT2D eigenvalue weighted by Gasteiger charge is -2.33. The van der Waals surface area contributed by atoms with Crippen molar-refractivity contribution in [3.63, 3.8) is 0 Å². The van der Waals surface area contributed by atoms with Gasteiger partial charge in [-0.1, -0.05) is 12.1 Å². The number of aromatic nitrogens is 2. The fourth-order valence-corrected chi connectivity index (χ4v) is 2.51. The standard InChI is InChI=1S/C16H18FN5O/c1-12-10-15(22-8-6-21(11-23)7-9-22)20-16(18-12)19-14-5-3-2-4-13(14)17/h2-5,10-11H,6-9H2,1H3,(H,18,19,20). The first-order valence-corrected chi connectivity index (χ1v) is 7.47. The van der Waals surface area contributed by atoms with E-state index in [0.717, 1.165) is 17.9 Å². The number of benzene rings is 1. The van der Waals surface area contributed by atoms with E-state index in [1.165, 1.54) is 6.07 Å². The number of nitrogens with zero attached hydrogens (tertiary/aromatic N) is 4. The maximum atomic E-state index is 13.7. The number of hydrogen-bond donors (Lipinski definition) is 1. The number of anilines is 3. The molecule has 1 amide bonds. The number of halogens is 1. The van der Waals surface area contributed by atoms with Crippen LogP contribution in [0.5, 0.6) is 0 Å². The highest BCUT2D eigenvalue weighted by Crippen LogP contribution is 2.21. The lowest BCUT2D eigenvalue weighted by atomic mass is 10.3. The molecular weight excluding hydrogens is 297 g/mol. The summed E-state index contributed by atoms with van der Waals surface area (Å²) in [6, 6.07) is 8.31. The molecule has 0 saturated carbocycles. The van der Waals surface area contributed by atoms with Crippen molar-refractivity contribution in [1.82, 2.24) is 14.9 Å². The summed E-state index contributed by atoms with van der Waals surface area (Å²) in [6.07, 6.45) is 0.869. The fraction of sp³-hybridized carbons (Fsp3) is 0.312. The van der Waals surface area contributed by atoms with Gasteiger partial charge in [0.2, 0.25) is 12.4 Å². The van der Waals surface area contributed by atoms with Crippen molar-refractivity contribution >= 4 is 23.9 Å². The highest BCUT2D eigenvalue weighted by Gasteiger charge is 2.18. The first-order valence-electron chi connectivity index (χ1n) is 7.47. The zero-order chi connectivity index (χ0) is 16.2. The first-order chi connectivity index (χ1) is 11.2. The number of carbonyl (C=O) groups is 1. The smallest absolute Gasteiger partial charge is 0.229 e. The van der Waals surface area contributed by atoms with Gasteiger partial charge >= 0.3 is 0 Å². The Morgan fingerprint density at radius 1 is 1.17 bits per heavy atom. The van der Waals surface area contributed by atoms with Gasteiger partial charge in [-0.05, 0) is 19.1 Å². The second-order valence-corrected chi connectivity index (χ2v) is 5.42. The van der Waals surface area contributed by atoms with Crippen molar-refractivity contribution in [2.24, 2.45) is 0 Å². The molecule has 6 nitrogen and oxygen atoms in total. The van der Waals surface area contributed by atoms with Gasteiger partial charge < -0.3 is 15.1 Å². The first kappa shape index (κ1) is 15.2. The van der Waals surface area contributed by atoms with E-state index in [1.54, 1.807) is 23.1 Å². The third-order valence-corrected chi connectivity index (χ3v) is 3.75. The van der Waals surface area contributed by atoms with Crippen LogP contribution in [0.25, 0.3) is 0 Å². The van der Waals surface area contributed by atoms with Crippen LogP contribution >= 0.6 is 0 Å². The number of piperazine rings is 1. The summed E-state index contributed by atoms with van der Waals surface area (Å²) < 4.78 is 13.7. The summed E-state index contributed by atoms with van der Waals surface area (Å²) in [5.41, 5.74) is 1.14. The van der Waals surface area contributed by atoms with Crippen molar-refractivity contribution in [3.8, 4) is 0 Å². The third kappa shape index (κ3) is 3.56. The molecule has 7 heteroatoms. The van der Waals surface area contributed by atoms with Gasteiger partial charge in [0.15, 0.2) is 0 Å². The van der Waals surface area contributed by atoms with Crippen molar-refractivity contribution in [2.75, 3.05) is 36.4 Å². The zero-order valence-corrected chi connectivity index (χ0v) is 12.9. The lowest BCUT2D eigenvalue weighted by Crippen LogP contribution is -2.46. The summed E-state index contributed by atoms with van der Waals surface area (Å²) in [5, 5.41) is 2.92. The van der Waals surface area contributed by atoms with Crippen molar-refractivity contribution < 1.29 is 9.18 Å². The minimum absolute atomic E-state index is 0.342. The average Bonchev–Trinajstić information content (AvgIpc) is 2.56. The van der Waals surface area contributed by atoms with Crippen molar-refractivity contribution in [2.45, 2.75) is 6.92 Å². The van der Waals surface area contributed by atoms with E-state index in [-0.39, 0.29) is 5.82 Å². The van der Waals surface area contributed by atoms with Crippen LogP contribution in [0.4, 0.5) is 21.8 Å². The molecule has 2 heterocycles. The van der Waals surface area contributed by atoms with E-state index in [4.69, 9.17) is 0 Å². The molecule has 0 radical (unpaired) electrons. The molecule has 0 spiro atoms. The van der Waals surface area contributed by atoms with Crippen LogP contribution < -0.4 is 10.2 Å². The molecule has 120 valence electrons. The maximum Gasteiger partial charge on any atom is 0.229 e. The lowest BCUT2D eigenvalue weighted by molar-refractivity contribution is -0.118. The molecule has 23 heavy (non-hydrogen) atoms. The molecule has 0 bridgehead atoms. The topological polar surface area (TPSA) is 61.4 Å². The van der Waals surface area contributed by atoms with Gasteiger partial charge in [0.25, 0.3) is 0 Å². The van der Waals surface area contributed by atoms with Gasteiger partial charge in [-0.3, -0.25) is 4.79 Å². The summed E-state index contributed by atoms with van der Waals surface area (Å²) in [7, 11) is 0. The summed E-state index contributed by atoms with van der Waals surface area (Å²) in [5.74, 6) is 0.795. The number of amides is 1. The number of nitrogens with one attached hydrogen (secondary N) is 1. The van der Waals surface area contributed by atoms with Gasteiger partial charge in [0, 0.05) is 37.9 Å². The second kappa shape index (κ2) is 6.60. The summed E-state index contributed by atoms with van der Waals surface area (Å²) in [6.45, 7) is 4.65. The molecular formula is C16H18FN5O. The molecule has 1 saturated heterocycles. The Labute approximate surface area is 134 Å². The molecule has 0 unspecified atom stereocenters. The fourth-order valence-electron chi connectivity index (χ4n) is 2.51.